The number of carbonyl (C=O) groups excluding carboxylic acids is 1. The molecule has 2 fully saturated rings. The predicted molar refractivity (Wildman–Crippen MR) is 84.4 cm³/mol. The summed E-state index contributed by atoms with van der Waals surface area (Å²) in [6.07, 6.45) is 5.91. The van der Waals surface area contributed by atoms with Crippen LogP contribution in [0.5, 0.6) is 0 Å². The third kappa shape index (κ3) is 5.57. The van der Waals surface area contributed by atoms with Crippen LogP contribution in [0.2, 0.25) is 0 Å². The fraction of sp³-hybridized carbons (Fsp3) is 0.938. The van der Waals surface area contributed by atoms with E-state index in [2.05, 4.69) is 22.2 Å². The van der Waals surface area contributed by atoms with Gasteiger partial charge in [-0.1, -0.05) is 12.8 Å². The van der Waals surface area contributed by atoms with Crippen LogP contribution in [0, 0.1) is 0 Å². The molecule has 2 rings (SSSR count). The maximum absolute atomic E-state index is 12.3. The Morgan fingerprint density at radius 2 is 1.95 bits per heavy atom. The summed E-state index contributed by atoms with van der Waals surface area (Å²) in [4.78, 5) is 16.9. The summed E-state index contributed by atoms with van der Waals surface area (Å²) in [6, 6.07) is 0.209. The average Bonchev–Trinajstić information content (AvgIpc) is 2.66. The first-order chi connectivity index (χ1) is 10.2. The summed E-state index contributed by atoms with van der Waals surface area (Å²) < 4.78 is 5.79. The first-order valence-corrected chi connectivity index (χ1v) is 8.51. The largest absolute Gasteiger partial charge is 0.376 e. The van der Waals surface area contributed by atoms with Crippen LogP contribution in [0.1, 0.15) is 39.0 Å². The Labute approximate surface area is 129 Å². The van der Waals surface area contributed by atoms with Gasteiger partial charge in [0, 0.05) is 19.7 Å². The van der Waals surface area contributed by atoms with E-state index in [0.717, 1.165) is 52.0 Å². The van der Waals surface area contributed by atoms with Crippen molar-refractivity contribution in [1.29, 1.82) is 0 Å². The Hall–Kier alpha value is -0.650. The van der Waals surface area contributed by atoms with E-state index >= 15 is 0 Å². The zero-order valence-corrected chi connectivity index (χ0v) is 13.6. The summed E-state index contributed by atoms with van der Waals surface area (Å²) in [6.45, 7) is 7.49. The van der Waals surface area contributed by atoms with E-state index < -0.39 is 0 Å². The molecule has 5 heteroatoms. The van der Waals surface area contributed by atoms with Gasteiger partial charge in [-0.15, -0.1) is 0 Å². The molecule has 1 aliphatic carbocycles. The normalized spacial score (nSPS) is 29.0. The van der Waals surface area contributed by atoms with Crippen LogP contribution in [0.15, 0.2) is 0 Å². The lowest BCUT2D eigenvalue weighted by atomic mass is 9.92. The van der Waals surface area contributed by atoms with Gasteiger partial charge in [0.25, 0.3) is 0 Å². The highest BCUT2D eigenvalue weighted by Gasteiger charge is 2.27. The van der Waals surface area contributed by atoms with Gasteiger partial charge < -0.3 is 15.0 Å². The van der Waals surface area contributed by atoms with Crippen molar-refractivity contribution in [3.05, 3.63) is 0 Å². The molecule has 5 nitrogen and oxygen atoms in total. The van der Waals surface area contributed by atoms with Crippen LogP contribution in [0.3, 0.4) is 0 Å². The first-order valence-electron chi connectivity index (χ1n) is 8.51. The quantitative estimate of drug-likeness (QED) is 0.825. The molecule has 1 saturated heterocycles. The molecule has 21 heavy (non-hydrogen) atoms. The minimum atomic E-state index is 0.163. The van der Waals surface area contributed by atoms with E-state index in [-0.39, 0.29) is 18.1 Å². The topological polar surface area (TPSA) is 44.8 Å². The zero-order valence-electron chi connectivity index (χ0n) is 13.6. The molecule has 0 aromatic heterocycles. The first kappa shape index (κ1) is 16.7. The zero-order chi connectivity index (χ0) is 15.1. The summed E-state index contributed by atoms with van der Waals surface area (Å²) in [7, 11) is 2.15. The van der Waals surface area contributed by atoms with E-state index in [9.17, 15) is 4.79 Å². The van der Waals surface area contributed by atoms with Gasteiger partial charge in [-0.25, -0.2) is 0 Å². The summed E-state index contributed by atoms with van der Waals surface area (Å²) >= 11 is 0. The van der Waals surface area contributed by atoms with Crippen LogP contribution in [-0.4, -0.2) is 74.2 Å². The summed E-state index contributed by atoms with van der Waals surface area (Å²) in [5, 5.41) is 3.21. The molecule has 0 unspecified atom stereocenters. The molecular formula is C16H31N3O2. The smallest absolute Gasteiger partial charge is 0.234 e. The van der Waals surface area contributed by atoms with Crippen molar-refractivity contribution < 1.29 is 9.53 Å². The second-order valence-electron chi connectivity index (χ2n) is 6.39. The number of ether oxygens (including phenoxy) is 1. The standard InChI is InChI=1S/C16H31N3O2/c1-3-21-15-8-5-4-7-14(15)17-16(20)13-19-10-6-9-18(2)11-12-19/h14-15H,3-13H2,1-2H3,(H,17,20)/t14-,15+/m1/s1. The lowest BCUT2D eigenvalue weighted by Gasteiger charge is -2.32. The second kappa shape index (κ2) is 8.71. The number of rotatable bonds is 5. The molecule has 0 bridgehead atoms. The maximum Gasteiger partial charge on any atom is 0.234 e. The number of hydrogen-bond donors (Lipinski definition) is 1. The number of likely N-dealkylation sites (N-methyl/N-ethyl adjacent to an activating group) is 1. The van der Waals surface area contributed by atoms with Crippen molar-refractivity contribution in [2.45, 2.75) is 51.2 Å². The Balaban J connectivity index is 1.77. The lowest BCUT2D eigenvalue weighted by Crippen LogP contribution is -2.49. The van der Waals surface area contributed by atoms with Crippen molar-refractivity contribution in [2.24, 2.45) is 0 Å². The molecule has 2 atom stereocenters. The molecule has 1 aliphatic heterocycles. The molecule has 1 heterocycles. The third-order valence-corrected chi connectivity index (χ3v) is 4.61. The second-order valence-corrected chi connectivity index (χ2v) is 6.39. The van der Waals surface area contributed by atoms with Gasteiger partial charge in [0.15, 0.2) is 0 Å². The third-order valence-electron chi connectivity index (χ3n) is 4.61. The maximum atomic E-state index is 12.3. The highest BCUT2D eigenvalue weighted by atomic mass is 16.5. The van der Waals surface area contributed by atoms with Crippen molar-refractivity contribution in [3.63, 3.8) is 0 Å². The van der Waals surface area contributed by atoms with Crippen molar-refractivity contribution >= 4 is 5.91 Å². The number of nitrogens with one attached hydrogen (secondary N) is 1. The lowest BCUT2D eigenvalue weighted by molar-refractivity contribution is -0.124. The molecule has 1 N–H and O–H groups in total. The number of nitrogens with zero attached hydrogens (tertiary/aromatic N) is 2. The van der Waals surface area contributed by atoms with Gasteiger partial charge in [0.1, 0.15) is 0 Å². The number of hydrogen-bond acceptors (Lipinski definition) is 4. The van der Waals surface area contributed by atoms with Crippen LogP contribution >= 0.6 is 0 Å². The van der Waals surface area contributed by atoms with Crippen LogP contribution in [0.4, 0.5) is 0 Å². The van der Waals surface area contributed by atoms with E-state index in [1.807, 2.05) is 6.92 Å². The molecule has 0 aromatic carbocycles. The molecule has 1 amide bonds. The summed E-state index contributed by atoms with van der Waals surface area (Å²) in [5.74, 6) is 0.163. The van der Waals surface area contributed by atoms with Gasteiger partial charge in [-0.05, 0) is 46.3 Å². The monoisotopic (exact) mass is 297 g/mol. The van der Waals surface area contributed by atoms with Crippen molar-refractivity contribution in [1.82, 2.24) is 15.1 Å². The van der Waals surface area contributed by atoms with Crippen molar-refractivity contribution in [2.75, 3.05) is 46.4 Å². The Kier molecular flexibility index (Phi) is 6.93. The summed E-state index contributed by atoms with van der Waals surface area (Å²) in [5.41, 5.74) is 0. The predicted octanol–water partition coefficient (Wildman–Crippen LogP) is 1.09. The van der Waals surface area contributed by atoms with Crippen LogP contribution in [-0.2, 0) is 9.53 Å². The SMILES string of the molecule is CCO[C@H]1CCCC[C@H]1NC(=O)CN1CCCN(C)CC1. The van der Waals surface area contributed by atoms with Crippen LogP contribution in [0.25, 0.3) is 0 Å². The minimum Gasteiger partial charge on any atom is -0.376 e. The Bertz CT molecular complexity index is 323. The van der Waals surface area contributed by atoms with E-state index in [0.29, 0.717) is 6.54 Å². The molecule has 2 aliphatic rings. The number of amides is 1. The molecule has 1 saturated carbocycles. The van der Waals surface area contributed by atoms with Gasteiger partial charge >= 0.3 is 0 Å². The van der Waals surface area contributed by atoms with Crippen LogP contribution < -0.4 is 5.32 Å². The fourth-order valence-electron chi connectivity index (χ4n) is 3.39. The molecular weight excluding hydrogens is 266 g/mol. The van der Waals surface area contributed by atoms with E-state index in [1.165, 1.54) is 12.8 Å². The van der Waals surface area contributed by atoms with E-state index in [1.54, 1.807) is 0 Å². The Morgan fingerprint density at radius 3 is 2.76 bits per heavy atom. The minimum absolute atomic E-state index is 0.163. The van der Waals surface area contributed by atoms with Crippen molar-refractivity contribution in [3.8, 4) is 0 Å². The highest BCUT2D eigenvalue weighted by Crippen LogP contribution is 2.21. The molecule has 0 radical (unpaired) electrons. The molecule has 0 aromatic rings. The Morgan fingerprint density at radius 1 is 1.14 bits per heavy atom. The van der Waals surface area contributed by atoms with E-state index in [4.69, 9.17) is 4.74 Å². The highest BCUT2D eigenvalue weighted by molar-refractivity contribution is 5.78. The van der Waals surface area contributed by atoms with Gasteiger partial charge in [-0.3, -0.25) is 9.69 Å². The molecule has 0 spiro atoms. The van der Waals surface area contributed by atoms with Gasteiger partial charge in [0.2, 0.25) is 5.91 Å². The fourth-order valence-corrected chi connectivity index (χ4v) is 3.39. The van der Waals surface area contributed by atoms with Gasteiger partial charge in [0.05, 0.1) is 18.7 Å². The average molecular weight is 297 g/mol. The van der Waals surface area contributed by atoms with Gasteiger partial charge in [-0.2, -0.15) is 0 Å². The molecule has 122 valence electrons. The number of carbonyl (C=O) groups is 1.